The smallest absolute Gasteiger partial charge is 0.224 e. The van der Waals surface area contributed by atoms with Crippen molar-refractivity contribution in [2.75, 3.05) is 11.9 Å². The first-order chi connectivity index (χ1) is 11.6. The number of carbonyl (C=O) groups excluding carboxylic acids is 2. The largest absolute Gasteiger partial charge is 0.494 e. The molecule has 1 amide bonds. The fourth-order valence-electron chi connectivity index (χ4n) is 2.21. The van der Waals surface area contributed by atoms with Gasteiger partial charge in [-0.1, -0.05) is 0 Å². The summed E-state index contributed by atoms with van der Waals surface area (Å²) in [6, 6.07) is 12.5. The summed E-state index contributed by atoms with van der Waals surface area (Å²) in [7, 11) is 0. The fourth-order valence-corrected chi connectivity index (χ4v) is 2.21. The molecule has 0 spiro atoms. The van der Waals surface area contributed by atoms with Gasteiger partial charge in [0.05, 0.1) is 6.61 Å². The van der Waals surface area contributed by atoms with Crippen LogP contribution in [-0.2, 0) is 4.79 Å². The van der Waals surface area contributed by atoms with Gasteiger partial charge < -0.3 is 10.1 Å². The molecule has 0 saturated carbocycles. The highest BCUT2D eigenvalue weighted by Gasteiger charge is 2.08. The number of Topliss-reactive ketones (excluding diaryl/α,β-unsaturated/α-hetero) is 1. The minimum atomic E-state index is -0.374. The Hall–Kier alpha value is -2.69. The summed E-state index contributed by atoms with van der Waals surface area (Å²) in [4.78, 5) is 23.8. The van der Waals surface area contributed by atoms with Crippen molar-refractivity contribution < 1.29 is 18.7 Å². The molecule has 0 saturated heterocycles. The molecule has 4 nitrogen and oxygen atoms in total. The van der Waals surface area contributed by atoms with Crippen molar-refractivity contribution in [1.29, 1.82) is 0 Å². The number of benzene rings is 2. The standard InChI is InChI=1S/C19H20FNO3/c1-2-24-17-12-10-16(11-13-17)21-19(23)5-3-4-18(22)14-6-8-15(20)9-7-14/h6-13H,2-5H2,1H3,(H,21,23). The highest BCUT2D eigenvalue weighted by atomic mass is 19.1. The van der Waals surface area contributed by atoms with E-state index in [1.165, 1.54) is 24.3 Å². The van der Waals surface area contributed by atoms with Gasteiger partial charge in [-0.05, 0) is 61.9 Å². The second kappa shape index (κ2) is 8.82. The molecule has 0 bridgehead atoms. The molecule has 0 aliphatic carbocycles. The molecule has 2 rings (SSSR count). The van der Waals surface area contributed by atoms with Crippen molar-refractivity contribution in [3.63, 3.8) is 0 Å². The zero-order valence-corrected chi connectivity index (χ0v) is 13.5. The van der Waals surface area contributed by atoms with Crippen molar-refractivity contribution in [1.82, 2.24) is 0 Å². The number of ketones is 1. The molecule has 0 aliphatic rings. The Kier molecular flexibility index (Phi) is 6.49. The summed E-state index contributed by atoms with van der Waals surface area (Å²) >= 11 is 0. The summed E-state index contributed by atoms with van der Waals surface area (Å²) in [6.45, 7) is 2.50. The first kappa shape index (κ1) is 17.7. The Morgan fingerprint density at radius 3 is 2.29 bits per heavy atom. The number of halogens is 1. The third kappa shape index (κ3) is 5.50. The van der Waals surface area contributed by atoms with E-state index in [1.54, 1.807) is 24.3 Å². The molecule has 0 radical (unpaired) electrons. The summed E-state index contributed by atoms with van der Waals surface area (Å²) in [5.41, 5.74) is 1.15. The predicted octanol–water partition coefficient (Wildman–Crippen LogP) is 4.22. The van der Waals surface area contributed by atoms with Crippen LogP contribution in [-0.4, -0.2) is 18.3 Å². The van der Waals surface area contributed by atoms with Crippen molar-refractivity contribution in [2.45, 2.75) is 26.2 Å². The number of hydrogen-bond donors (Lipinski definition) is 1. The normalized spacial score (nSPS) is 10.2. The van der Waals surface area contributed by atoms with Gasteiger partial charge in [0, 0.05) is 24.1 Å². The van der Waals surface area contributed by atoms with Crippen LogP contribution in [0.5, 0.6) is 5.75 Å². The van der Waals surface area contributed by atoms with Crippen molar-refractivity contribution in [3.05, 3.63) is 59.9 Å². The number of hydrogen-bond acceptors (Lipinski definition) is 3. The van der Waals surface area contributed by atoms with E-state index in [1.807, 2.05) is 6.92 Å². The summed E-state index contributed by atoms with van der Waals surface area (Å²) in [5, 5.41) is 2.78. The van der Waals surface area contributed by atoms with E-state index < -0.39 is 0 Å². The molecule has 0 aromatic heterocycles. The maximum absolute atomic E-state index is 12.8. The third-order valence-electron chi connectivity index (χ3n) is 3.42. The second-order valence-corrected chi connectivity index (χ2v) is 5.29. The molecule has 126 valence electrons. The number of ether oxygens (including phenoxy) is 1. The van der Waals surface area contributed by atoms with E-state index in [4.69, 9.17) is 4.74 Å². The summed E-state index contributed by atoms with van der Waals surface area (Å²) < 4.78 is 18.1. The van der Waals surface area contributed by atoms with E-state index in [9.17, 15) is 14.0 Å². The minimum absolute atomic E-state index is 0.0936. The van der Waals surface area contributed by atoms with Gasteiger partial charge >= 0.3 is 0 Å². The number of anilines is 1. The Balaban J connectivity index is 1.74. The number of nitrogens with one attached hydrogen (secondary N) is 1. The monoisotopic (exact) mass is 329 g/mol. The van der Waals surface area contributed by atoms with Gasteiger partial charge in [0.1, 0.15) is 11.6 Å². The van der Waals surface area contributed by atoms with Crippen molar-refractivity contribution in [2.24, 2.45) is 0 Å². The van der Waals surface area contributed by atoms with Crippen LogP contribution in [0.2, 0.25) is 0 Å². The summed E-state index contributed by atoms with van der Waals surface area (Å²) in [6.07, 6.45) is 0.946. The maximum atomic E-state index is 12.8. The second-order valence-electron chi connectivity index (χ2n) is 5.29. The Morgan fingerprint density at radius 1 is 1.00 bits per heavy atom. The Morgan fingerprint density at radius 2 is 1.67 bits per heavy atom. The zero-order chi connectivity index (χ0) is 17.4. The van der Waals surface area contributed by atoms with Crippen LogP contribution < -0.4 is 10.1 Å². The summed E-state index contributed by atoms with van der Waals surface area (Å²) in [5.74, 6) is 0.136. The van der Waals surface area contributed by atoms with Gasteiger partial charge in [-0.3, -0.25) is 9.59 Å². The number of rotatable bonds is 8. The molecular formula is C19H20FNO3. The lowest BCUT2D eigenvalue weighted by Gasteiger charge is -2.07. The van der Waals surface area contributed by atoms with E-state index >= 15 is 0 Å². The van der Waals surface area contributed by atoms with Gasteiger partial charge in [0.25, 0.3) is 0 Å². The average molecular weight is 329 g/mol. The van der Waals surface area contributed by atoms with Gasteiger partial charge in [-0.2, -0.15) is 0 Å². The molecular weight excluding hydrogens is 309 g/mol. The predicted molar refractivity (Wildman–Crippen MR) is 90.8 cm³/mol. The molecule has 2 aromatic carbocycles. The van der Waals surface area contributed by atoms with Crippen LogP contribution in [0.25, 0.3) is 0 Å². The molecule has 0 fully saturated rings. The molecule has 2 aromatic rings. The lowest BCUT2D eigenvalue weighted by atomic mass is 10.1. The average Bonchev–Trinajstić information content (AvgIpc) is 2.57. The van der Waals surface area contributed by atoms with Crippen LogP contribution in [0.15, 0.2) is 48.5 Å². The minimum Gasteiger partial charge on any atom is -0.494 e. The molecule has 0 unspecified atom stereocenters. The van der Waals surface area contributed by atoms with Crippen molar-refractivity contribution in [3.8, 4) is 5.75 Å². The first-order valence-corrected chi connectivity index (χ1v) is 7.90. The fraction of sp³-hybridized carbons (Fsp3) is 0.263. The van der Waals surface area contributed by atoms with Gasteiger partial charge in [0.15, 0.2) is 5.78 Å². The lowest BCUT2D eigenvalue weighted by Crippen LogP contribution is -2.12. The molecule has 0 aliphatic heterocycles. The maximum Gasteiger partial charge on any atom is 0.224 e. The van der Waals surface area contributed by atoms with Crippen LogP contribution in [0.1, 0.15) is 36.5 Å². The van der Waals surface area contributed by atoms with Crippen LogP contribution in [0.4, 0.5) is 10.1 Å². The van der Waals surface area contributed by atoms with Gasteiger partial charge in [-0.25, -0.2) is 4.39 Å². The topological polar surface area (TPSA) is 55.4 Å². The van der Waals surface area contributed by atoms with Crippen LogP contribution in [0.3, 0.4) is 0 Å². The molecule has 0 heterocycles. The van der Waals surface area contributed by atoms with Crippen molar-refractivity contribution >= 4 is 17.4 Å². The first-order valence-electron chi connectivity index (χ1n) is 7.90. The molecule has 0 atom stereocenters. The van der Waals surface area contributed by atoms with E-state index in [0.717, 1.165) is 5.75 Å². The third-order valence-corrected chi connectivity index (χ3v) is 3.42. The number of amides is 1. The molecule has 24 heavy (non-hydrogen) atoms. The SMILES string of the molecule is CCOc1ccc(NC(=O)CCCC(=O)c2ccc(F)cc2)cc1. The molecule has 5 heteroatoms. The van der Waals surface area contributed by atoms with Gasteiger partial charge in [0.2, 0.25) is 5.91 Å². The van der Waals surface area contributed by atoms with Gasteiger partial charge in [-0.15, -0.1) is 0 Å². The van der Waals surface area contributed by atoms with Crippen LogP contribution in [0, 0.1) is 5.82 Å². The highest BCUT2D eigenvalue weighted by molar-refractivity contribution is 5.96. The number of carbonyl (C=O) groups is 2. The molecule has 1 N–H and O–H groups in total. The van der Waals surface area contributed by atoms with Crippen LogP contribution >= 0.6 is 0 Å². The van der Waals surface area contributed by atoms with E-state index in [2.05, 4.69) is 5.32 Å². The highest BCUT2D eigenvalue weighted by Crippen LogP contribution is 2.16. The van der Waals surface area contributed by atoms with E-state index in [-0.39, 0.29) is 30.3 Å². The lowest BCUT2D eigenvalue weighted by molar-refractivity contribution is -0.116. The Bertz CT molecular complexity index is 681. The Labute approximate surface area is 140 Å². The zero-order valence-electron chi connectivity index (χ0n) is 13.5. The van der Waals surface area contributed by atoms with E-state index in [0.29, 0.717) is 24.3 Å². The quantitative estimate of drug-likeness (QED) is 0.738.